The Morgan fingerprint density at radius 1 is 1.57 bits per heavy atom. The minimum Gasteiger partial charge on any atom is -0.458 e. The molecule has 0 saturated carbocycles. The van der Waals surface area contributed by atoms with Gasteiger partial charge in [-0.3, -0.25) is 19.6 Å². The number of cyclic esters (lactones) is 1. The molecule has 0 bridgehead atoms. The molecule has 0 spiro atoms. The summed E-state index contributed by atoms with van der Waals surface area (Å²) in [5, 5.41) is 16.9. The molecule has 1 N–H and O–H groups in total. The van der Waals surface area contributed by atoms with Gasteiger partial charge in [0.2, 0.25) is 5.91 Å². The number of nitrogens with one attached hydrogen (secondary N) is 1. The Bertz CT molecular complexity index is 609. The van der Waals surface area contributed by atoms with Crippen LogP contribution in [0.3, 0.4) is 0 Å². The van der Waals surface area contributed by atoms with Crippen molar-refractivity contribution >= 4 is 17.6 Å². The van der Waals surface area contributed by atoms with E-state index in [1.165, 1.54) is 0 Å². The molecule has 1 unspecified atom stereocenters. The first-order valence-corrected chi connectivity index (χ1v) is 6.33. The summed E-state index contributed by atoms with van der Waals surface area (Å²) < 4.78 is 6.33. The van der Waals surface area contributed by atoms with E-state index in [2.05, 4.69) is 10.4 Å². The van der Waals surface area contributed by atoms with Crippen LogP contribution in [0.25, 0.3) is 0 Å². The zero-order chi connectivity index (χ0) is 15.8. The van der Waals surface area contributed by atoms with Gasteiger partial charge >= 0.3 is 11.7 Å². The maximum absolute atomic E-state index is 12.0. The van der Waals surface area contributed by atoms with Gasteiger partial charge in [0, 0.05) is 6.42 Å². The van der Waals surface area contributed by atoms with Gasteiger partial charge in [-0.25, -0.2) is 4.79 Å². The lowest BCUT2D eigenvalue weighted by atomic mass is 9.92. The fourth-order valence-electron chi connectivity index (χ4n) is 2.45. The SMILES string of the molecule is CC1(C)CC(C)(NC(=O)Cn2cc([N+](=O)[O-])cn2)C(=O)O1. The summed E-state index contributed by atoms with van der Waals surface area (Å²) in [6, 6.07) is 0. The van der Waals surface area contributed by atoms with Gasteiger partial charge in [0.1, 0.15) is 30.1 Å². The summed E-state index contributed by atoms with van der Waals surface area (Å²) in [5.74, 6) is -0.961. The molecule has 1 aromatic rings. The zero-order valence-corrected chi connectivity index (χ0v) is 12.0. The highest BCUT2D eigenvalue weighted by Gasteiger charge is 2.50. The van der Waals surface area contributed by atoms with Crippen LogP contribution in [0.1, 0.15) is 27.2 Å². The highest BCUT2D eigenvalue weighted by atomic mass is 16.6. The number of carbonyl (C=O) groups excluding carboxylic acids is 2. The topological polar surface area (TPSA) is 116 Å². The van der Waals surface area contributed by atoms with Crippen molar-refractivity contribution in [3.63, 3.8) is 0 Å². The molecule has 0 radical (unpaired) electrons. The van der Waals surface area contributed by atoms with Crippen LogP contribution in [-0.4, -0.2) is 37.7 Å². The van der Waals surface area contributed by atoms with E-state index in [0.29, 0.717) is 6.42 Å². The highest BCUT2D eigenvalue weighted by Crippen LogP contribution is 2.33. The third-order valence-electron chi connectivity index (χ3n) is 3.15. The van der Waals surface area contributed by atoms with Crippen molar-refractivity contribution in [3.8, 4) is 0 Å². The Hall–Kier alpha value is -2.45. The minimum atomic E-state index is -1.10. The molecule has 2 heterocycles. The number of hydrogen-bond donors (Lipinski definition) is 1. The summed E-state index contributed by atoms with van der Waals surface area (Å²) in [5.41, 5.74) is -1.93. The number of nitrogens with zero attached hydrogens (tertiary/aromatic N) is 3. The molecule has 2 rings (SSSR count). The van der Waals surface area contributed by atoms with E-state index in [0.717, 1.165) is 17.1 Å². The normalized spacial score (nSPS) is 23.7. The molecule has 1 aromatic heterocycles. The van der Waals surface area contributed by atoms with E-state index in [-0.39, 0.29) is 12.2 Å². The van der Waals surface area contributed by atoms with Crippen molar-refractivity contribution in [2.75, 3.05) is 0 Å². The van der Waals surface area contributed by atoms with Crippen molar-refractivity contribution in [2.24, 2.45) is 0 Å². The number of rotatable bonds is 4. The number of amides is 1. The van der Waals surface area contributed by atoms with Crippen molar-refractivity contribution < 1.29 is 19.2 Å². The highest BCUT2D eigenvalue weighted by molar-refractivity contribution is 5.89. The Morgan fingerprint density at radius 2 is 2.24 bits per heavy atom. The Balaban J connectivity index is 2.01. The molecule has 21 heavy (non-hydrogen) atoms. The van der Waals surface area contributed by atoms with Crippen LogP contribution < -0.4 is 5.32 Å². The molecular formula is C12H16N4O5. The Labute approximate surface area is 120 Å². The van der Waals surface area contributed by atoms with Crippen molar-refractivity contribution in [1.82, 2.24) is 15.1 Å². The largest absolute Gasteiger partial charge is 0.458 e. The van der Waals surface area contributed by atoms with Gasteiger partial charge in [-0.05, 0) is 20.8 Å². The summed E-state index contributed by atoms with van der Waals surface area (Å²) in [6.45, 7) is 4.91. The fraction of sp³-hybridized carbons (Fsp3) is 0.583. The van der Waals surface area contributed by atoms with Gasteiger partial charge in [-0.2, -0.15) is 5.10 Å². The van der Waals surface area contributed by atoms with Crippen LogP contribution in [-0.2, 0) is 20.9 Å². The minimum absolute atomic E-state index is 0.199. The van der Waals surface area contributed by atoms with Gasteiger partial charge in [0.25, 0.3) is 0 Å². The number of carbonyl (C=O) groups is 2. The van der Waals surface area contributed by atoms with Gasteiger partial charge in [-0.1, -0.05) is 0 Å². The quantitative estimate of drug-likeness (QED) is 0.488. The molecule has 0 aromatic carbocycles. The fourth-order valence-corrected chi connectivity index (χ4v) is 2.45. The average Bonchev–Trinajstić information content (AvgIpc) is 2.82. The van der Waals surface area contributed by atoms with E-state index < -0.39 is 27.9 Å². The van der Waals surface area contributed by atoms with E-state index >= 15 is 0 Å². The maximum Gasteiger partial charge on any atom is 0.332 e. The predicted octanol–water partition coefficient (Wildman–Crippen LogP) is 0.392. The third kappa shape index (κ3) is 3.18. The summed E-state index contributed by atoms with van der Waals surface area (Å²) in [6.07, 6.45) is 2.56. The van der Waals surface area contributed by atoms with Gasteiger partial charge < -0.3 is 10.1 Å². The second-order valence-corrected chi connectivity index (χ2v) is 5.86. The molecular weight excluding hydrogens is 280 g/mol. The van der Waals surface area contributed by atoms with Crippen LogP contribution >= 0.6 is 0 Å². The lowest BCUT2D eigenvalue weighted by molar-refractivity contribution is -0.385. The van der Waals surface area contributed by atoms with E-state index in [1.807, 2.05) is 0 Å². The predicted molar refractivity (Wildman–Crippen MR) is 70.2 cm³/mol. The zero-order valence-electron chi connectivity index (χ0n) is 12.0. The number of ether oxygens (including phenoxy) is 1. The molecule has 1 fully saturated rings. The third-order valence-corrected chi connectivity index (χ3v) is 3.15. The number of hydrogen-bond acceptors (Lipinski definition) is 6. The molecule has 1 atom stereocenters. The van der Waals surface area contributed by atoms with Crippen molar-refractivity contribution in [3.05, 3.63) is 22.5 Å². The molecule has 114 valence electrons. The monoisotopic (exact) mass is 296 g/mol. The number of esters is 1. The maximum atomic E-state index is 12.0. The van der Waals surface area contributed by atoms with Gasteiger partial charge in [-0.15, -0.1) is 0 Å². The Kier molecular flexibility index (Phi) is 3.44. The van der Waals surface area contributed by atoms with Crippen LogP contribution in [0.5, 0.6) is 0 Å². The summed E-state index contributed by atoms with van der Waals surface area (Å²) >= 11 is 0. The van der Waals surface area contributed by atoms with E-state index in [4.69, 9.17) is 4.74 Å². The lowest BCUT2D eigenvalue weighted by Gasteiger charge is -2.22. The second kappa shape index (κ2) is 4.83. The van der Waals surface area contributed by atoms with Crippen LogP contribution in [0.2, 0.25) is 0 Å². The van der Waals surface area contributed by atoms with Crippen molar-refractivity contribution in [2.45, 2.75) is 44.9 Å². The standard InChI is InChI=1S/C12H16N4O5/c1-11(2)7-12(3,10(18)21-11)14-9(17)6-15-5-8(4-13-15)16(19)20/h4-5H,6-7H2,1-3H3,(H,14,17). The van der Waals surface area contributed by atoms with Gasteiger partial charge in [0.05, 0.1) is 4.92 Å². The molecule has 0 aliphatic carbocycles. The first-order valence-electron chi connectivity index (χ1n) is 6.33. The molecule has 1 aliphatic heterocycles. The van der Waals surface area contributed by atoms with Crippen LogP contribution in [0, 0.1) is 10.1 Å². The molecule has 1 aliphatic rings. The van der Waals surface area contributed by atoms with Crippen molar-refractivity contribution in [1.29, 1.82) is 0 Å². The summed E-state index contributed by atoms with van der Waals surface area (Å²) in [7, 11) is 0. The molecule has 9 nitrogen and oxygen atoms in total. The van der Waals surface area contributed by atoms with Gasteiger partial charge in [0.15, 0.2) is 0 Å². The summed E-state index contributed by atoms with van der Waals surface area (Å²) in [4.78, 5) is 33.7. The second-order valence-electron chi connectivity index (χ2n) is 5.86. The number of aromatic nitrogens is 2. The smallest absolute Gasteiger partial charge is 0.332 e. The van der Waals surface area contributed by atoms with E-state index in [1.54, 1.807) is 20.8 Å². The molecule has 1 amide bonds. The van der Waals surface area contributed by atoms with Crippen LogP contribution in [0.15, 0.2) is 12.4 Å². The molecule has 9 heteroatoms. The number of nitro groups is 1. The first-order chi connectivity index (χ1) is 9.61. The Morgan fingerprint density at radius 3 is 2.71 bits per heavy atom. The first kappa shape index (κ1) is 14.9. The average molecular weight is 296 g/mol. The lowest BCUT2D eigenvalue weighted by Crippen LogP contribution is -2.50. The van der Waals surface area contributed by atoms with E-state index in [9.17, 15) is 19.7 Å². The molecule has 1 saturated heterocycles. The van der Waals surface area contributed by atoms with Crippen LogP contribution in [0.4, 0.5) is 5.69 Å².